The lowest BCUT2D eigenvalue weighted by Gasteiger charge is -2.30. The van der Waals surface area contributed by atoms with Crippen LogP contribution in [0.15, 0.2) is 53.3 Å². The fourth-order valence-corrected chi connectivity index (χ4v) is 3.80. The number of unbranched alkanes of at least 4 members (excludes halogenated alkanes) is 2. The molecule has 1 amide bonds. The van der Waals surface area contributed by atoms with Gasteiger partial charge >= 0.3 is 0 Å². The van der Waals surface area contributed by atoms with Gasteiger partial charge in [-0.15, -0.1) is 0 Å². The first-order valence-corrected chi connectivity index (χ1v) is 11.0. The van der Waals surface area contributed by atoms with Crippen molar-refractivity contribution >= 4 is 16.8 Å². The highest BCUT2D eigenvalue weighted by Crippen LogP contribution is 2.24. The van der Waals surface area contributed by atoms with Crippen LogP contribution in [0.5, 0.6) is 0 Å². The number of para-hydroxylation sites is 1. The third-order valence-corrected chi connectivity index (χ3v) is 5.58. The highest BCUT2D eigenvalue weighted by atomic mass is 19.1. The molecule has 0 saturated carbocycles. The number of ether oxygens (including phenoxy) is 1. The number of fused-ring (bicyclic) bond motifs is 1. The standard InChI is InChI=1S/C25H30FN3O3/c1-4-5-6-11-23(30)28(16-17-32-3)18(2)24-27-22-10-8-7-9-21(22)25(31)29(24)20-14-12-19(26)13-15-20/h7-10,12-15,18H,4-6,11,16-17H2,1-3H3. The molecule has 170 valence electrons. The van der Waals surface area contributed by atoms with E-state index in [9.17, 15) is 14.0 Å². The first-order valence-electron chi connectivity index (χ1n) is 11.0. The van der Waals surface area contributed by atoms with E-state index in [4.69, 9.17) is 9.72 Å². The number of benzene rings is 2. The molecule has 0 N–H and O–H groups in total. The molecule has 1 aromatic heterocycles. The van der Waals surface area contributed by atoms with Gasteiger partial charge in [-0.25, -0.2) is 9.37 Å². The number of halogens is 1. The lowest BCUT2D eigenvalue weighted by atomic mass is 10.1. The zero-order valence-electron chi connectivity index (χ0n) is 18.9. The van der Waals surface area contributed by atoms with Crippen LogP contribution in [0.4, 0.5) is 4.39 Å². The average molecular weight is 440 g/mol. The van der Waals surface area contributed by atoms with Crippen LogP contribution in [-0.4, -0.2) is 40.6 Å². The number of methoxy groups -OCH3 is 1. The normalized spacial score (nSPS) is 12.1. The van der Waals surface area contributed by atoms with Crippen LogP contribution >= 0.6 is 0 Å². The van der Waals surface area contributed by atoms with E-state index in [0.29, 0.717) is 42.0 Å². The summed E-state index contributed by atoms with van der Waals surface area (Å²) in [6, 6.07) is 12.3. The highest BCUT2D eigenvalue weighted by Gasteiger charge is 2.26. The fourth-order valence-electron chi connectivity index (χ4n) is 3.80. The predicted octanol–water partition coefficient (Wildman–Crippen LogP) is 4.64. The zero-order chi connectivity index (χ0) is 23.1. The zero-order valence-corrected chi connectivity index (χ0v) is 18.9. The number of hydrogen-bond acceptors (Lipinski definition) is 4. The van der Waals surface area contributed by atoms with Gasteiger partial charge in [0.15, 0.2) is 0 Å². The topological polar surface area (TPSA) is 64.4 Å². The van der Waals surface area contributed by atoms with Gasteiger partial charge in [0.05, 0.1) is 29.2 Å². The maximum atomic E-state index is 13.6. The van der Waals surface area contributed by atoms with Gasteiger partial charge in [0, 0.05) is 20.1 Å². The van der Waals surface area contributed by atoms with Crippen LogP contribution in [0.3, 0.4) is 0 Å². The molecule has 0 aliphatic rings. The summed E-state index contributed by atoms with van der Waals surface area (Å²) in [5.74, 6) is 0.0364. The van der Waals surface area contributed by atoms with Crippen LogP contribution in [0, 0.1) is 5.82 Å². The van der Waals surface area contributed by atoms with Gasteiger partial charge < -0.3 is 9.64 Å². The molecule has 1 unspecified atom stereocenters. The lowest BCUT2D eigenvalue weighted by Crippen LogP contribution is -2.39. The Morgan fingerprint density at radius 2 is 1.88 bits per heavy atom. The van der Waals surface area contributed by atoms with Crippen LogP contribution in [0.25, 0.3) is 16.6 Å². The molecule has 3 rings (SSSR count). The summed E-state index contributed by atoms with van der Waals surface area (Å²) in [6.07, 6.45) is 3.24. The molecular formula is C25H30FN3O3. The van der Waals surface area contributed by atoms with Gasteiger partial charge in [-0.1, -0.05) is 31.9 Å². The molecular weight excluding hydrogens is 409 g/mol. The van der Waals surface area contributed by atoms with Gasteiger partial charge in [0.2, 0.25) is 5.91 Å². The van der Waals surface area contributed by atoms with Gasteiger partial charge in [-0.05, 0) is 49.7 Å². The molecule has 32 heavy (non-hydrogen) atoms. The van der Waals surface area contributed by atoms with Crippen molar-refractivity contribution in [1.82, 2.24) is 14.5 Å². The molecule has 3 aromatic rings. The van der Waals surface area contributed by atoms with E-state index in [1.807, 2.05) is 13.0 Å². The molecule has 0 spiro atoms. The number of hydrogen-bond donors (Lipinski definition) is 0. The molecule has 7 heteroatoms. The SMILES string of the molecule is CCCCCC(=O)N(CCOC)C(C)c1nc2ccccc2c(=O)n1-c1ccc(F)cc1. The van der Waals surface area contributed by atoms with Crippen LogP contribution in [-0.2, 0) is 9.53 Å². The quantitative estimate of drug-likeness (QED) is 0.432. The maximum Gasteiger partial charge on any atom is 0.266 e. The minimum absolute atomic E-state index is 0.00364. The Hall–Kier alpha value is -3.06. The van der Waals surface area contributed by atoms with Crippen LogP contribution in [0.1, 0.15) is 51.4 Å². The molecule has 0 aliphatic carbocycles. The monoisotopic (exact) mass is 439 g/mol. The molecule has 0 fully saturated rings. The number of rotatable bonds is 10. The van der Waals surface area contributed by atoms with E-state index in [0.717, 1.165) is 19.3 Å². The molecule has 0 saturated heterocycles. The summed E-state index contributed by atoms with van der Waals surface area (Å²) in [5.41, 5.74) is 0.804. The van der Waals surface area contributed by atoms with Crippen molar-refractivity contribution in [2.75, 3.05) is 20.3 Å². The van der Waals surface area contributed by atoms with Gasteiger partial charge in [0.1, 0.15) is 11.6 Å². The van der Waals surface area contributed by atoms with Crippen molar-refractivity contribution in [2.45, 2.75) is 45.6 Å². The molecule has 1 heterocycles. The second kappa shape index (κ2) is 11.0. The number of carbonyl (C=O) groups is 1. The minimum Gasteiger partial charge on any atom is -0.383 e. The van der Waals surface area contributed by atoms with E-state index in [1.165, 1.54) is 16.7 Å². The van der Waals surface area contributed by atoms with Crippen molar-refractivity contribution in [1.29, 1.82) is 0 Å². The van der Waals surface area contributed by atoms with Crippen LogP contribution < -0.4 is 5.56 Å². The van der Waals surface area contributed by atoms with E-state index in [1.54, 1.807) is 42.3 Å². The van der Waals surface area contributed by atoms with Crippen molar-refractivity contribution in [2.24, 2.45) is 0 Å². The lowest BCUT2D eigenvalue weighted by molar-refractivity contribution is -0.134. The summed E-state index contributed by atoms with van der Waals surface area (Å²) >= 11 is 0. The van der Waals surface area contributed by atoms with Crippen molar-refractivity contribution in [3.8, 4) is 5.69 Å². The Balaban J connectivity index is 2.13. The summed E-state index contributed by atoms with van der Waals surface area (Å²) in [7, 11) is 1.59. The van der Waals surface area contributed by atoms with Crippen molar-refractivity contribution < 1.29 is 13.9 Å². The molecule has 0 bridgehead atoms. The van der Waals surface area contributed by atoms with Crippen molar-refractivity contribution in [3.05, 3.63) is 70.5 Å². The summed E-state index contributed by atoms with van der Waals surface area (Å²) in [6.45, 7) is 4.72. The average Bonchev–Trinajstić information content (AvgIpc) is 2.80. The molecule has 1 atom stereocenters. The summed E-state index contributed by atoms with van der Waals surface area (Å²) < 4.78 is 20.3. The molecule has 0 radical (unpaired) electrons. The number of aromatic nitrogens is 2. The van der Waals surface area contributed by atoms with Gasteiger partial charge in [-0.3, -0.25) is 14.2 Å². The Morgan fingerprint density at radius 1 is 1.16 bits per heavy atom. The third-order valence-electron chi connectivity index (χ3n) is 5.58. The number of amides is 1. The second-order valence-electron chi connectivity index (χ2n) is 7.82. The molecule has 2 aromatic carbocycles. The number of carbonyl (C=O) groups excluding carboxylic acids is 1. The Kier molecular flexibility index (Phi) is 8.11. The Bertz CT molecular complexity index is 1110. The van der Waals surface area contributed by atoms with E-state index < -0.39 is 11.9 Å². The fraction of sp³-hybridized carbons (Fsp3) is 0.400. The Labute approximate surface area is 187 Å². The smallest absolute Gasteiger partial charge is 0.266 e. The maximum absolute atomic E-state index is 13.6. The van der Waals surface area contributed by atoms with Gasteiger partial charge in [0.25, 0.3) is 5.56 Å². The first kappa shape index (κ1) is 23.6. The summed E-state index contributed by atoms with van der Waals surface area (Å²) in [4.78, 5) is 33.0. The first-order chi connectivity index (χ1) is 15.5. The number of nitrogens with zero attached hydrogens (tertiary/aromatic N) is 3. The minimum atomic E-state index is -0.485. The highest BCUT2D eigenvalue weighted by molar-refractivity contribution is 5.79. The molecule has 0 aliphatic heterocycles. The van der Waals surface area contributed by atoms with Gasteiger partial charge in [-0.2, -0.15) is 0 Å². The third kappa shape index (κ3) is 5.22. The van der Waals surface area contributed by atoms with E-state index >= 15 is 0 Å². The largest absolute Gasteiger partial charge is 0.383 e. The van der Waals surface area contributed by atoms with Crippen molar-refractivity contribution in [3.63, 3.8) is 0 Å². The second-order valence-corrected chi connectivity index (χ2v) is 7.82. The Morgan fingerprint density at radius 3 is 2.56 bits per heavy atom. The van der Waals surface area contributed by atoms with Crippen LogP contribution in [0.2, 0.25) is 0 Å². The predicted molar refractivity (Wildman–Crippen MR) is 123 cm³/mol. The molecule has 6 nitrogen and oxygen atoms in total. The van der Waals surface area contributed by atoms with E-state index in [2.05, 4.69) is 6.92 Å². The summed E-state index contributed by atoms with van der Waals surface area (Å²) in [5, 5.41) is 0.463. The van der Waals surface area contributed by atoms with E-state index in [-0.39, 0.29) is 11.5 Å².